The number of fused-ring (bicyclic) bond motifs is 1. The zero-order valence-corrected chi connectivity index (χ0v) is 14.5. The molecule has 0 spiro atoms. The number of halogens is 3. The Morgan fingerprint density at radius 3 is 2.25 bits per heavy atom. The van der Waals surface area contributed by atoms with Crippen molar-refractivity contribution in [3.63, 3.8) is 0 Å². The number of ether oxygens (including phenoxy) is 1. The molecule has 0 N–H and O–H groups in total. The van der Waals surface area contributed by atoms with Crippen LogP contribution in [0.5, 0.6) is 5.75 Å². The normalized spacial score (nSPS) is 21.1. The Morgan fingerprint density at radius 2 is 1.62 bits per heavy atom. The highest BCUT2D eigenvalue weighted by atomic mass is 19.4. The van der Waals surface area contributed by atoms with Crippen LogP contribution in [-0.2, 0) is 0 Å². The number of hydrogen-bond donors (Lipinski definition) is 0. The van der Waals surface area contributed by atoms with Crippen molar-refractivity contribution in [2.24, 2.45) is 5.92 Å². The summed E-state index contributed by atoms with van der Waals surface area (Å²) in [6.45, 7) is 6.04. The van der Waals surface area contributed by atoms with E-state index in [4.69, 9.17) is 4.74 Å². The summed E-state index contributed by atoms with van der Waals surface area (Å²) >= 11 is 0. The number of benzene rings is 2. The van der Waals surface area contributed by atoms with Gasteiger partial charge in [-0.25, -0.2) is 0 Å². The van der Waals surface area contributed by atoms with Gasteiger partial charge in [0.1, 0.15) is 5.75 Å². The maximum atomic E-state index is 12.7. The first-order valence-corrected chi connectivity index (χ1v) is 8.66. The predicted molar refractivity (Wildman–Crippen MR) is 92.5 cm³/mol. The maximum absolute atomic E-state index is 12.7. The van der Waals surface area contributed by atoms with Crippen molar-refractivity contribution in [3.05, 3.63) is 42.0 Å². The summed E-state index contributed by atoms with van der Waals surface area (Å²) in [4.78, 5) is 0. The highest BCUT2D eigenvalue weighted by Gasteiger charge is 2.41. The third-order valence-corrected chi connectivity index (χ3v) is 4.51. The zero-order chi connectivity index (χ0) is 17.7. The van der Waals surface area contributed by atoms with E-state index in [2.05, 4.69) is 0 Å². The van der Waals surface area contributed by atoms with E-state index in [0.29, 0.717) is 12.8 Å². The topological polar surface area (TPSA) is 9.23 Å². The molecule has 132 valence electrons. The fourth-order valence-electron chi connectivity index (χ4n) is 3.18. The van der Waals surface area contributed by atoms with Gasteiger partial charge < -0.3 is 4.74 Å². The van der Waals surface area contributed by atoms with Crippen molar-refractivity contribution in [2.75, 3.05) is 0 Å². The molecule has 0 saturated heterocycles. The zero-order valence-electron chi connectivity index (χ0n) is 14.5. The molecule has 1 saturated carbocycles. The lowest BCUT2D eigenvalue weighted by Crippen LogP contribution is -2.31. The van der Waals surface area contributed by atoms with E-state index < -0.39 is 12.1 Å². The third-order valence-electron chi connectivity index (χ3n) is 4.51. The van der Waals surface area contributed by atoms with Crippen LogP contribution in [0.3, 0.4) is 0 Å². The van der Waals surface area contributed by atoms with Crippen LogP contribution in [0.15, 0.2) is 36.4 Å². The number of hydrogen-bond acceptors (Lipinski definition) is 1. The van der Waals surface area contributed by atoms with Crippen LogP contribution in [0.2, 0.25) is 0 Å². The molecule has 0 amide bonds. The van der Waals surface area contributed by atoms with Gasteiger partial charge in [0.25, 0.3) is 0 Å². The van der Waals surface area contributed by atoms with E-state index in [-0.39, 0.29) is 18.9 Å². The molecule has 4 heteroatoms. The molecule has 0 aromatic heterocycles. The second-order valence-corrected chi connectivity index (χ2v) is 6.09. The molecule has 1 aliphatic rings. The largest absolute Gasteiger partial charge is 0.490 e. The molecule has 0 atom stereocenters. The quantitative estimate of drug-likeness (QED) is 0.594. The monoisotopic (exact) mass is 338 g/mol. The van der Waals surface area contributed by atoms with Crippen molar-refractivity contribution in [3.8, 4) is 5.75 Å². The first-order valence-electron chi connectivity index (χ1n) is 8.66. The van der Waals surface area contributed by atoms with Crippen LogP contribution in [-0.4, -0.2) is 12.3 Å². The van der Waals surface area contributed by atoms with E-state index in [0.717, 1.165) is 16.5 Å². The summed E-state index contributed by atoms with van der Waals surface area (Å²) in [5.41, 5.74) is 1.17. The van der Waals surface area contributed by atoms with Crippen LogP contribution in [0, 0.1) is 12.8 Å². The molecule has 1 fully saturated rings. The number of rotatable bonds is 2. The molecule has 0 radical (unpaired) electrons. The van der Waals surface area contributed by atoms with Crippen molar-refractivity contribution in [1.29, 1.82) is 0 Å². The van der Waals surface area contributed by atoms with Crippen LogP contribution in [0.4, 0.5) is 13.2 Å². The summed E-state index contributed by atoms with van der Waals surface area (Å²) in [7, 11) is 0. The van der Waals surface area contributed by atoms with Gasteiger partial charge in [-0.2, -0.15) is 13.2 Å². The molecule has 1 aliphatic carbocycles. The summed E-state index contributed by atoms with van der Waals surface area (Å²) in [6.07, 6.45) is -2.90. The Balaban J connectivity index is 0.00000100. The lowest BCUT2D eigenvalue weighted by molar-refractivity contribution is -0.185. The van der Waals surface area contributed by atoms with E-state index in [1.54, 1.807) is 0 Å². The average Bonchev–Trinajstić information content (AvgIpc) is 2.57. The van der Waals surface area contributed by atoms with E-state index >= 15 is 0 Å². The van der Waals surface area contributed by atoms with E-state index in [1.807, 2.05) is 57.2 Å². The van der Waals surface area contributed by atoms with Crippen LogP contribution >= 0.6 is 0 Å². The second-order valence-electron chi connectivity index (χ2n) is 6.09. The van der Waals surface area contributed by atoms with Gasteiger partial charge in [-0.15, -0.1) is 0 Å². The standard InChI is InChI=1S/C18H19F3O.C2H6/c1-12-3-2-4-13-5-8-16(11-17(12)13)22-15-9-6-14(7-10-15)18(19,20)21;1-2/h2-5,8,11,14-15H,6-7,9-10H2,1H3;1-2H3. The molecule has 0 aliphatic heterocycles. The minimum atomic E-state index is -4.06. The molecule has 24 heavy (non-hydrogen) atoms. The molecule has 2 aromatic carbocycles. The minimum Gasteiger partial charge on any atom is -0.490 e. The maximum Gasteiger partial charge on any atom is 0.391 e. The number of alkyl halides is 3. The molecule has 1 nitrogen and oxygen atoms in total. The van der Waals surface area contributed by atoms with E-state index in [9.17, 15) is 13.2 Å². The summed E-state index contributed by atoms with van der Waals surface area (Å²) in [5.74, 6) is -0.413. The van der Waals surface area contributed by atoms with Crippen LogP contribution in [0.1, 0.15) is 45.1 Å². The lowest BCUT2D eigenvalue weighted by atomic mass is 9.87. The summed E-state index contributed by atoms with van der Waals surface area (Å²) < 4.78 is 43.9. The fraction of sp³-hybridized carbons (Fsp3) is 0.500. The van der Waals surface area contributed by atoms with Crippen molar-refractivity contribution in [2.45, 2.75) is 58.7 Å². The van der Waals surface area contributed by atoms with E-state index in [1.165, 1.54) is 5.56 Å². The fourth-order valence-corrected chi connectivity index (χ4v) is 3.18. The Hall–Kier alpha value is -1.71. The van der Waals surface area contributed by atoms with Crippen LogP contribution < -0.4 is 4.74 Å². The van der Waals surface area contributed by atoms with Gasteiger partial charge in [-0.1, -0.05) is 38.1 Å². The predicted octanol–water partition coefficient (Wildman–Crippen LogP) is 6.67. The summed E-state index contributed by atoms with van der Waals surface area (Å²) in [5, 5.41) is 2.28. The minimum absolute atomic E-state index is 0.111. The van der Waals surface area contributed by atoms with Crippen LogP contribution in [0.25, 0.3) is 10.8 Å². The van der Waals surface area contributed by atoms with Gasteiger partial charge in [0.15, 0.2) is 0 Å². The van der Waals surface area contributed by atoms with Gasteiger partial charge in [0.2, 0.25) is 0 Å². The molecule has 3 rings (SSSR count). The Labute approximate surface area is 141 Å². The third kappa shape index (κ3) is 4.43. The van der Waals surface area contributed by atoms with Crippen molar-refractivity contribution in [1.82, 2.24) is 0 Å². The highest BCUT2D eigenvalue weighted by Crippen LogP contribution is 2.38. The molecular formula is C20H25F3O. The lowest BCUT2D eigenvalue weighted by Gasteiger charge is -2.30. The second kappa shape index (κ2) is 7.91. The number of aryl methyl sites for hydroxylation is 1. The molecule has 0 heterocycles. The highest BCUT2D eigenvalue weighted by molar-refractivity contribution is 5.86. The Bertz CT molecular complexity index is 655. The van der Waals surface area contributed by atoms with Gasteiger partial charge in [0, 0.05) is 0 Å². The Morgan fingerprint density at radius 1 is 0.958 bits per heavy atom. The molecule has 0 unspecified atom stereocenters. The van der Waals surface area contributed by atoms with Gasteiger partial charge in [-0.3, -0.25) is 0 Å². The summed E-state index contributed by atoms with van der Waals surface area (Å²) in [6, 6.07) is 12.0. The molecule has 0 bridgehead atoms. The van der Waals surface area contributed by atoms with Gasteiger partial charge >= 0.3 is 6.18 Å². The first-order chi connectivity index (χ1) is 11.4. The van der Waals surface area contributed by atoms with Gasteiger partial charge in [-0.05, 0) is 61.1 Å². The van der Waals surface area contributed by atoms with Crippen molar-refractivity contribution < 1.29 is 17.9 Å². The molecular weight excluding hydrogens is 313 g/mol. The average molecular weight is 338 g/mol. The Kier molecular flexibility index (Phi) is 6.14. The SMILES string of the molecule is CC.Cc1cccc2ccc(OC3CCC(C(F)(F)F)CC3)cc12. The van der Waals surface area contributed by atoms with Crippen molar-refractivity contribution >= 4 is 10.8 Å². The molecule has 2 aromatic rings. The smallest absolute Gasteiger partial charge is 0.391 e. The van der Waals surface area contributed by atoms with Gasteiger partial charge in [0.05, 0.1) is 12.0 Å². The first kappa shape index (κ1) is 18.6.